The molecule has 0 bridgehead atoms. The van der Waals surface area contributed by atoms with Crippen LogP contribution in [0, 0.1) is 0 Å². The van der Waals surface area contributed by atoms with Gasteiger partial charge in [-0.25, -0.2) is 0 Å². The fourth-order valence-corrected chi connectivity index (χ4v) is 4.30. The first-order chi connectivity index (χ1) is 10.3. The van der Waals surface area contributed by atoms with E-state index in [0.29, 0.717) is 15.1 Å². The van der Waals surface area contributed by atoms with Gasteiger partial charge in [0.1, 0.15) is 4.32 Å². The average molecular weight is 332 g/mol. The fraction of sp³-hybridized carbons (Fsp3) is 0.412. The van der Waals surface area contributed by atoms with Crippen LogP contribution in [0.3, 0.4) is 0 Å². The number of benzene rings is 1. The van der Waals surface area contributed by atoms with Crippen molar-refractivity contribution >= 4 is 46.0 Å². The molecule has 22 heavy (non-hydrogen) atoms. The van der Waals surface area contributed by atoms with Gasteiger partial charge in [0, 0.05) is 18.3 Å². The van der Waals surface area contributed by atoms with E-state index in [0.717, 1.165) is 12.0 Å². The third-order valence-corrected chi connectivity index (χ3v) is 5.76. The van der Waals surface area contributed by atoms with Gasteiger partial charge in [-0.3, -0.25) is 4.79 Å². The number of fused-ring (bicyclic) bond motifs is 1. The Kier molecular flexibility index (Phi) is 3.81. The number of thiocarbonyl (C=S) groups is 1. The topological polar surface area (TPSA) is 32.3 Å². The third kappa shape index (κ3) is 2.68. The summed E-state index contributed by atoms with van der Waals surface area (Å²) in [6, 6.07) is 6.44. The molecule has 1 N–H and O–H groups in total. The maximum Gasteiger partial charge on any atom is 0.263 e. The van der Waals surface area contributed by atoms with E-state index in [1.54, 1.807) is 0 Å². The number of anilines is 1. The SMILES string of the molecule is CC1CC(C)(C)N(C)c2ccc(C=C3SC(=S)NC3=O)cc21. The quantitative estimate of drug-likeness (QED) is 0.624. The number of hydrogen-bond donors (Lipinski definition) is 1. The number of nitrogens with one attached hydrogen (secondary N) is 1. The van der Waals surface area contributed by atoms with Crippen LogP contribution in [0.2, 0.25) is 0 Å². The molecule has 0 aromatic heterocycles. The fourth-order valence-electron chi connectivity index (χ4n) is 3.26. The van der Waals surface area contributed by atoms with E-state index in [2.05, 4.69) is 56.2 Å². The molecule has 1 saturated heterocycles. The minimum absolute atomic E-state index is 0.0981. The van der Waals surface area contributed by atoms with Crippen molar-refractivity contribution < 1.29 is 4.79 Å². The first-order valence-electron chi connectivity index (χ1n) is 7.40. The Hall–Kier alpha value is -1.33. The van der Waals surface area contributed by atoms with E-state index in [4.69, 9.17) is 12.2 Å². The second kappa shape index (κ2) is 5.39. The van der Waals surface area contributed by atoms with Gasteiger partial charge in [0.2, 0.25) is 0 Å². The standard InChI is InChI=1S/C17H20N2OS2/c1-10-9-17(2,3)19(4)13-6-5-11(7-12(10)13)8-14-15(20)18-16(21)22-14/h5-8,10H,9H2,1-4H3,(H,18,20,21). The maximum absolute atomic E-state index is 11.8. The molecule has 5 heteroatoms. The lowest BCUT2D eigenvalue weighted by Gasteiger charge is -2.45. The summed E-state index contributed by atoms with van der Waals surface area (Å²) in [4.78, 5) is 14.8. The predicted molar refractivity (Wildman–Crippen MR) is 98.3 cm³/mol. The lowest BCUT2D eigenvalue weighted by Crippen LogP contribution is -2.45. The summed E-state index contributed by atoms with van der Waals surface area (Å²) in [5.74, 6) is 0.407. The van der Waals surface area contributed by atoms with Crippen molar-refractivity contribution in [3.05, 3.63) is 34.2 Å². The Morgan fingerprint density at radius 2 is 2.18 bits per heavy atom. The molecule has 1 unspecified atom stereocenters. The van der Waals surface area contributed by atoms with Gasteiger partial charge in [0.15, 0.2) is 0 Å². The highest BCUT2D eigenvalue weighted by Crippen LogP contribution is 2.43. The van der Waals surface area contributed by atoms with E-state index in [9.17, 15) is 4.79 Å². The number of nitrogens with zero attached hydrogens (tertiary/aromatic N) is 1. The zero-order chi connectivity index (χ0) is 16.1. The first kappa shape index (κ1) is 15.6. The second-order valence-electron chi connectivity index (χ2n) is 6.65. The highest BCUT2D eigenvalue weighted by molar-refractivity contribution is 8.26. The van der Waals surface area contributed by atoms with Crippen LogP contribution in [-0.2, 0) is 4.79 Å². The Morgan fingerprint density at radius 1 is 1.45 bits per heavy atom. The minimum Gasteiger partial charge on any atom is -0.369 e. The summed E-state index contributed by atoms with van der Waals surface area (Å²) in [7, 11) is 2.15. The van der Waals surface area contributed by atoms with Crippen LogP contribution < -0.4 is 10.2 Å². The van der Waals surface area contributed by atoms with E-state index < -0.39 is 0 Å². The van der Waals surface area contributed by atoms with Gasteiger partial charge in [0.05, 0.1) is 4.91 Å². The van der Waals surface area contributed by atoms with E-state index in [1.807, 2.05) is 6.08 Å². The van der Waals surface area contributed by atoms with Crippen molar-refractivity contribution in [3.8, 4) is 0 Å². The van der Waals surface area contributed by atoms with Gasteiger partial charge < -0.3 is 10.2 Å². The molecule has 116 valence electrons. The van der Waals surface area contributed by atoms with Crippen LogP contribution in [-0.4, -0.2) is 22.8 Å². The second-order valence-corrected chi connectivity index (χ2v) is 8.37. The molecule has 3 rings (SSSR count). The minimum atomic E-state index is -0.0981. The summed E-state index contributed by atoms with van der Waals surface area (Å²) in [5.41, 5.74) is 3.85. The molecule has 2 heterocycles. The molecule has 0 radical (unpaired) electrons. The van der Waals surface area contributed by atoms with Crippen LogP contribution >= 0.6 is 24.0 Å². The van der Waals surface area contributed by atoms with Gasteiger partial charge in [-0.2, -0.15) is 0 Å². The van der Waals surface area contributed by atoms with Crippen LogP contribution in [0.4, 0.5) is 5.69 Å². The van der Waals surface area contributed by atoms with Crippen LogP contribution in [0.15, 0.2) is 23.1 Å². The van der Waals surface area contributed by atoms with Crippen molar-refractivity contribution in [1.82, 2.24) is 5.32 Å². The Bertz CT molecular complexity index is 694. The number of carbonyl (C=O) groups excluding carboxylic acids is 1. The summed E-state index contributed by atoms with van der Waals surface area (Å²) in [5, 5.41) is 2.65. The molecule has 1 aromatic rings. The Balaban J connectivity index is 1.98. The number of amides is 1. The maximum atomic E-state index is 11.8. The van der Waals surface area contributed by atoms with Crippen molar-refractivity contribution in [2.24, 2.45) is 0 Å². The van der Waals surface area contributed by atoms with Crippen molar-refractivity contribution in [2.45, 2.75) is 38.6 Å². The summed E-state index contributed by atoms with van der Waals surface area (Å²) >= 11 is 6.36. The van der Waals surface area contributed by atoms with Crippen LogP contribution in [0.25, 0.3) is 6.08 Å². The highest BCUT2D eigenvalue weighted by Gasteiger charge is 2.34. The van der Waals surface area contributed by atoms with Gasteiger partial charge >= 0.3 is 0 Å². The molecule has 2 aliphatic heterocycles. The van der Waals surface area contributed by atoms with Gasteiger partial charge in [-0.05, 0) is 55.5 Å². The number of rotatable bonds is 1. The normalized spacial score (nSPS) is 25.4. The van der Waals surface area contributed by atoms with E-state index >= 15 is 0 Å². The summed E-state index contributed by atoms with van der Waals surface area (Å²) in [6.07, 6.45) is 3.04. The van der Waals surface area contributed by atoms with Crippen molar-refractivity contribution in [3.63, 3.8) is 0 Å². The lowest BCUT2D eigenvalue weighted by molar-refractivity contribution is -0.115. The number of hydrogen-bond acceptors (Lipinski definition) is 4. The molecule has 3 nitrogen and oxygen atoms in total. The van der Waals surface area contributed by atoms with Crippen LogP contribution in [0.1, 0.15) is 44.2 Å². The zero-order valence-electron chi connectivity index (χ0n) is 13.3. The monoisotopic (exact) mass is 332 g/mol. The summed E-state index contributed by atoms with van der Waals surface area (Å²) in [6.45, 7) is 6.84. The molecule has 0 aliphatic carbocycles. The molecule has 2 aliphatic rings. The lowest BCUT2D eigenvalue weighted by atomic mass is 9.80. The molecule has 0 spiro atoms. The largest absolute Gasteiger partial charge is 0.369 e. The van der Waals surface area contributed by atoms with Crippen molar-refractivity contribution in [2.75, 3.05) is 11.9 Å². The van der Waals surface area contributed by atoms with Gasteiger partial charge in [-0.15, -0.1) is 0 Å². The molecule has 0 saturated carbocycles. The van der Waals surface area contributed by atoms with Crippen LogP contribution in [0.5, 0.6) is 0 Å². The van der Waals surface area contributed by atoms with E-state index in [1.165, 1.54) is 23.0 Å². The van der Waals surface area contributed by atoms with Gasteiger partial charge in [-0.1, -0.05) is 37.0 Å². The summed E-state index contributed by atoms with van der Waals surface area (Å²) < 4.78 is 0.532. The van der Waals surface area contributed by atoms with E-state index in [-0.39, 0.29) is 11.4 Å². The Labute approximate surface area is 141 Å². The smallest absolute Gasteiger partial charge is 0.263 e. The van der Waals surface area contributed by atoms with Gasteiger partial charge in [0.25, 0.3) is 5.91 Å². The molecule has 1 aromatic carbocycles. The zero-order valence-corrected chi connectivity index (χ0v) is 14.9. The molecular weight excluding hydrogens is 312 g/mol. The molecule has 1 amide bonds. The third-order valence-electron chi connectivity index (χ3n) is 4.60. The molecule has 1 fully saturated rings. The highest BCUT2D eigenvalue weighted by atomic mass is 32.2. The Morgan fingerprint density at radius 3 is 2.82 bits per heavy atom. The molecular formula is C17H20N2OS2. The predicted octanol–water partition coefficient (Wildman–Crippen LogP) is 3.90. The molecule has 1 atom stereocenters. The first-order valence-corrected chi connectivity index (χ1v) is 8.63. The average Bonchev–Trinajstić information content (AvgIpc) is 2.74. The number of thioether (sulfide) groups is 1. The number of carbonyl (C=O) groups is 1. The van der Waals surface area contributed by atoms with Crippen molar-refractivity contribution in [1.29, 1.82) is 0 Å².